The lowest BCUT2D eigenvalue weighted by atomic mass is 9.98. The van der Waals surface area contributed by atoms with E-state index in [4.69, 9.17) is 0 Å². The van der Waals surface area contributed by atoms with Gasteiger partial charge in [0.15, 0.2) is 0 Å². The van der Waals surface area contributed by atoms with Crippen molar-refractivity contribution in [2.75, 3.05) is 0 Å². The number of carbonyl (C=O) groups excluding carboxylic acids is 2. The molecule has 2 nitrogen and oxygen atoms in total. The molecule has 2 rings (SSSR count). The molecule has 0 spiro atoms. The summed E-state index contributed by atoms with van der Waals surface area (Å²) in [5, 5.41) is 0. The Bertz CT molecular complexity index is 604. The number of hydrogen-bond donors (Lipinski definition) is 0. The number of hydrogen-bond acceptors (Lipinski definition) is 2. The van der Waals surface area contributed by atoms with E-state index in [0.29, 0.717) is 6.07 Å². The van der Waals surface area contributed by atoms with Gasteiger partial charge in [0.1, 0.15) is 11.6 Å². The van der Waals surface area contributed by atoms with Crippen molar-refractivity contribution in [3.63, 3.8) is 0 Å². The first-order valence-corrected chi connectivity index (χ1v) is 6.00. The van der Waals surface area contributed by atoms with E-state index in [0.717, 1.165) is 23.3 Å². The van der Waals surface area contributed by atoms with E-state index in [-0.39, 0.29) is 11.1 Å². The number of rotatable bonds is 3. The Balaban J connectivity index is 2.39. The van der Waals surface area contributed by atoms with Crippen LogP contribution in [0.25, 0.3) is 0 Å². The lowest BCUT2D eigenvalue weighted by Gasteiger charge is -2.04. The highest BCUT2D eigenvalue weighted by atomic mass is 19.1. The summed E-state index contributed by atoms with van der Waals surface area (Å²) < 4.78 is 26.2. The maximum Gasteiger partial charge on any atom is 0.233 e. The maximum atomic E-state index is 13.1. The first-order valence-electron chi connectivity index (χ1n) is 6.00. The third-order valence-electron chi connectivity index (χ3n) is 2.81. The van der Waals surface area contributed by atoms with Gasteiger partial charge in [0.05, 0.1) is 0 Å². The fourth-order valence-electron chi connectivity index (χ4n) is 2.05. The predicted molar refractivity (Wildman–Crippen MR) is 70.9 cm³/mol. The lowest BCUT2D eigenvalue weighted by Crippen LogP contribution is -2.15. The minimum absolute atomic E-state index is 0.220. The summed E-state index contributed by atoms with van der Waals surface area (Å²) in [6, 6.07) is 7.37. The van der Waals surface area contributed by atoms with Crippen LogP contribution in [0.4, 0.5) is 8.78 Å². The predicted octanol–water partition coefficient (Wildman–Crippen LogP) is 3.65. The molecule has 0 aliphatic heterocycles. The van der Waals surface area contributed by atoms with Crippen molar-refractivity contribution in [3.05, 3.63) is 70.3 Å². The van der Waals surface area contributed by atoms with Crippen molar-refractivity contribution in [3.8, 4) is 0 Å². The largest absolute Gasteiger partial charge is 0.285 e. The fourth-order valence-corrected chi connectivity index (χ4v) is 2.05. The van der Waals surface area contributed by atoms with Crippen LogP contribution in [-0.2, 0) is 0 Å². The summed E-state index contributed by atoms with van der Waals surface area (Å²) >= 11 is 0. The van der Waals surface area contributed by atoms with E-state index in [9.17, 15) is 18.4 Å². The van der Waals surface area contributed by atoms with E-state index in [1.807, 2.05) is 6.07 Å². The second kappa shape index (κ2) is 5.33. The van der Waals surface area contributed by atoms with Crippen LogP contribution in [0.5, 0.6) is 0 Å². The Labute approximate surface area is 115 Å². The average Bonchev–Trinajstić information content (AvgIpc) is 2.34. The van der Waals surface area contributed by atoms with Gasteiger partial charge in [-0.05, 0) is 38.1 Å². The lowest BCUT2D eigenvalue weighted by molar-refractivity contribution is 0.0816. The number of ketones is 2. The Morgan fingerprint density at radius 3 is 1.55 bits per heavy atom. The number of halogens is 2. The van der Waals surface area contributed by atoms with E-state index in [1.165, 1.54) is 0 Å². The van der Waals surface area contributed by atoms with Gasteiger partial charge < -0.3 is 0 Å². The van der Waals surface area contributed by atoms with E-state index in [1.54, 1.807) is 26.0 Å². The molecule has 4 heteroatoms. The molecule has 0 radical (unpaired) electrons. The Morgan fingerprint density at radius 2 is 1.10 bits per heavy atom. The summed E-state index contributed by atoms with van der Waals surface area (Å²) in [5.41, 5.74) is 1.61. The molecule has 0 aliphatic carbocycles. The number of Topliss-reactive ketones (excluding diaryl/α,β-unsaturated/α-hetero) is 2. The van der Waals surface area contributed by atoms with Crippen molar-refractivity contribution in [2.24, 2.45) is 0 Å². The summed E-state index contributed by atoms with van der Waals surface area (Å²) in [4.78, 5) is 24.1. The van der Waals surface area contributed by atoms with Gasteiger partial charge in [-0.2, -0.15) is 0 Å². The molecule has 0 saturated heterocycles. The summed E-state index contributed by atoms with van der Waals surface area (Å²) in [6.45, 7) is 3.60. The molecular weight excluding hydrogens is 262 g/mol. The topological polar surface area (TPSA) is 34.1 Å². The van der Waals surface area contributed by atoms with Crippen molar-refractivity contribution < 1.29 is 18.4 Å². The molecule has 0 atom stereocenters. The van der Waals surface area contributed by atoms with E-state index in [2.05, 4.69) is 0 Å². The highest BCUT2D eigenvalue weighted by Gasteiger charge is 2.20. The highest BCUT2D eigenvalue weighted by Crippen LogP contribution is 2.14. The van der Waals surface area contributed by atoms with Crippen molar-refractivity contribution in [2.45, 2.75) is 13.8 Å². The van der Waals surface area contributed by atoms with Gasteiger partial charge in [-0.15, -0.1) is 0 Å². The average molecular weight is 274 g/mol. The van der Waals surface area contributed by atoms with Crippen LogP contribution < -0.4 is 0 Å². The zero-order chi connectivity index (χ0) is 14.9. The van der Waals surface area contributed by atoms with Gasteiger partial charge in [0, 0.05) is 17.2 Å². The molecule has 2 aromatic carbocycles. The molecule has 0 aliphatic rings. The molecule has 20 heavy (non-hydrogen) atoms. The smallest absolute Gasteiger partial charge is 0.233 e. The zero-order valence-corrected chi connectivity index (χ0v) is 11.0. The van der Waals surface area contributed by atoms with Gasteiger partial charge in [-0.3, -0.25) is 9.59 Å². The molecule has 0 N–H and O–H groups in total. The second-order valence-corrected chi connectivity index (χ2v) is 4.69. The summed E-state index contributed by atoms with van der Waals surface area (Å²) in [5.74, 6) is -3.47. The van der Waals surface area contributed by atoms with Crippen LogP contribution in [-0.4, -0.2) is 11.6 Å². The third-order valence-corrected chi connectivity index (χ3v) is 2.81. The minimum Gasteiger partial charge on any atom is -0.285 e. The van der Waals surface area contributed by atoms with Crippen LogP contribution in [0.1, 0.15) is 31.8 Å². The van der Waals surface area contributed by atoms with Gasteiger partial charge in [0.25, 0.3) is 0 Å². The van der Waals surface area contributed by atoms with Crippen LogP contribution >= 0.6 is 0 Å². The molecule has 0 fully saturated rings. The number of benzene rings is 2. The molecule has 102 valence electrons. The Kier molecular flexibility index (Phi) is 3.74. The first kappa shape index (κ1) is 14.1. The molecule has 0 saturated carbocycles. The molecule has 0 unspecified atom stereocenters. The Morgan fingerprint density at radius 1 is 0.700 bits per heavy atom. The molecule has 0 bridgehead atoms. The monoisotopic (exact) mass is 274 g/mol. The van der Waals surface area contributed by atoms with Crippen molar-refractivity contribution in [1.29, 1.82) is 0 Å². The molecule has 0 amide bonds. The minimum atomic E-state index is -0.923. The van der Waals surface area contributed by atoms with E-state index >= 15 is 0 Å². The summed E-state index contributed by atoms with van der Waals surface area (Å²) in [7, 11) is 0. The van der Waals surface area contributed by atoms with Gasteiger partial charge >= 0.3 is 0 Å². The van der Waals surface area contributed by atoms with Crippen LogP contribution in [0, 0.1) is 25.5 Å². The van der Waals surface area contributed by atoms with Crippen molar-refractivity contribution >= 4 is 11.6 Å². The molecule has 2 aromatic rings. The van der Waals surface area contributed by atoms with Crippen LogP contribution in [0.3, 0.4) is 0 Å². The molecule has 0 heterocycles. The third kappa shape index (κ3) is 2.96. The number of aryl methyl sites for hydroxylation is 2. The Hall–Kier alpha value is -2.36. The standard InChI is InChI=1S/C16H12F2O2/c1-9-3-10(2)5-11(4-9)15(19)16(20)12-6-13(17)8-14(18)7-12/h3-8H,1-2H3. The highest BCUT2D eigenvalue weighted by molar-refractivity contribution is 6.49. The van der Waals surface area contributed by atoms with Crippen LogP contribution in [0.2, 0.25) is 0 Å². The van der Waals surface area contributed by atoms with Crippen LogP contribution in [0.15, 0.2) is 36.4 Å². The van der Waals surface area contributed by atoms with Gasteiger partial charge in [-0.1, -0.05) is 17.2 Å². The maximum absolute atomic E-state index is 13.1. The quantitative estimate of drug-likeness (QED) is 0.632. The summed E-state index contributed by atoms with van der Waals surface area (Å²) in [6.07, 6.45) is 0. The second-order valence-electron chi connectivity index (χ2n) is 4.69. The van der Waals surface area contributed by atoms with Gasteiger partial charge in [0.2, 0.25) is 11.6 Å². The SMILES string of the molecule is Cc1cc(C)cc(C(=O)C(=O)c2cc(F)cc(F)c2)c1. The fraction of sp³-hybridized carbons (Fsp3) is 0.125. The molecule has 0 aromatic heterocycles. The van der Waals surface area contributed by atoms with Crippen molar-refractivity contribution in [1.82, 2.24) is 0 Å². The number of carbonyl (C=O) groups is 2. The molecular formula is C16H12F2O2. The first-order chi connectivity index (χ1) is 9.36. The van der Waals surface area contributed by atoms with E-state index < -0.39 is 23.2 Å². The van der Waals surface area contributed by atoms with Gasteiger partial charge in [-0.25, -0.2) is 8.78 Å². The zero-order valence-electron chi connectivity index (χ0n) is 11.0. The normalized spacial score (nSPS) is 10.4.